The average Bonchev–Trinajstić information content (AvgIpc) is 2.72. The molecule has 3 rings (SSSR count). The lowest BCUT2D eigenvalue weighted by Gasteiger charge is -2.34. The van der Waals surface area contributed by atoms with E-state index in [2.05, 4.69) is 22.6 Å². The van der Waals surface area contributed by atoms with Gasteiger partial charge in [0.2, 0.25) is 5.91 Å². The van der Waals surface area contributed by atoms with E-state index in [1.807, 2.05) is 69.9 Å². The van der Waals surface area contributed by atoms with Gasteiger partial charge in [-0.15, -0.1) is 0 Å². The summed E-state index contributed by atoms with van der Waals surface area (Å²) in [4.78, 5) is 27.8. The number of benzene rings is 2. The molecule has 172 valence electrons. The molecule has 2 aromatic rings. The van der Waals surface area contributed by atoms with E-state index in [9.17, 15) is 9.59 Å². The summed E-state index contributed by atoms with van der Waals surface area (Å²) in [5.74, 6) is -0.254. The van der Waals surface area contributed by atoms with Crippen LogP contribution < -0.4 is 0 Å². The molecule has 0 unspecified atom stereocenters. The number of hydrogen-bond donors (Lipinski definition) is 0. The lowest BCUT2D eigenvalue weighted by Crippen LogP contribution is -2.37. The highest BCUT2D eigenvalue weighted by molar-refractivity contribution is 14.1. The molecule has 0 radical (unpaired) electrons. The van der Waals surface area contributed by atoms with E-state index < -0.39 is 11.7 Å². The van der Waals surface area contributed by atoms with Gasteiger partial charge in [0.25, 0.3) is 0 Å². The molecule has 0 aliphatic carbocycles. The van der Waals surface area contributed by atoms with E-state index in [0.29, 0.717) is 26.1 Å². The lowest BCUT2D eigenvalue weighted by molar-refractivity contribution is -0.167. The van der Waals surface area contributed by atoms with Crippen LogP contribution in [0, 0.1) is 17.4 Å². The maximum Gasteiger partial charge on any atom is 0.340 e. The number of hydrogen-bond acceptors (Lipinski definition) is 4. The van der Waals surface area contributed by atoms with Gasteiger partial charge in [0.05, 0.1) is 18.6 Å². The second kappa shape index (κ2) is 9.91. The highest BCUT2D eigenvalue weighted by Crippen LogP contribution is 2.39. The number of ether oxygens (including phenoxy) is 2. The van der Waals surface area contributed by atoms with Crippen molar-refractivity contribution in [2.75, 3.05) is 6.61 Å². The first kappa shape index (κ1) is 24.7. The average molecular weight is 549 g/mol. The fourth-order valence-electron chi connectivity index (χ4n) is 4.17. The van der Waals surface area contributed by atoms with E-state index in [1.165, 1.54) is 0 Å². The van der Waals surface area contributed by atoms with E-state index in [4.69, 9.17) is 9.47 Å². The van der Waals surface area contributed by atoms with Crippen molar-refractivity contribution in [3.8, 4) is 0 Å². The molecule has 0 bridgehead atoms. The number of rotatable bonds is 6. The van der Waals surface area contributed by atoms with E-state index in [0.717, 1.165) is 37.0 Å². The molecule has 1 amide bonds. The summed E-state index contributed by atoms with van der Waals surface area (Å²) in [6, 6.07) is 10.0. The molecule has 0 spiro atoms. The van der Waals surface area contributed by atoms with Gasteiger partial charge >= 0.3 is 5.97 Å². The largest absolute Gasteiger partial charge is 0.464 e. The van der Waals surface area contributed by atoms with E-state index in [1.54, 1.807) is 6.92 Å². The van der Waals surface area contributed by atoms with Gasteiger partial charge in [-0.2, -0.15) is 0 Å². The summed E-state index contributed by atoms with van der Waals surface area (Å²) in [6.45, 7) is 13.1. The molecule has 1 heterocycles. The van der Waals surface area contributed by atoms with Crippen LogP contribution in [0.4, 0.5) is 0 Å². The third-order valence-electron chi connectivity index (χ3n) is 5.72. The normalized spacial score (nSPS) is 14.8. The quantitative estimate of drug-likeness (QED) is 0.357. The van der Waals surface area contributed by atoms with Crippen molar-refractivity contribution in [2.45, 2.75) is 72.8 Å². The third kappa shape index (κ3) is 5.34. The molecule has 6 heteroatoms. The third-order valence-corrected chi connectivity index (χ3v) is 7.11. The monoisotopic (exact) mass is 549 g/mol. The van der Waals surface area contributed by atoms with Crippen LogP contribution in [0.15, 0.2) is 30.3 Å². The van der Waals surface area contributed by atoms with Crippen molar-refractivity contribution in [3.05, 3.63) is 67.3 Å². The lowest BCUT2D eigenvalue weighted by atomic mass is 9.86. The number of esters is 1. The Morgan fingerprint density at radius 2 is 1.78 bits per heavy atom. The zero-order valence-corrected chi connectivity index (χ0v) is 21.9. The van der Waals surface area contributed by atoms with Crippen molar-refractivity contribution in [2.24, 2.45) is 0 Å². The molecule has 0 saturated heterocycles. The predicted molar refractivity (Wildman–Crippen MR) is 133 cm³/mol. The Hall–Kier alpha value is -1.93. The maximum absolute atomic E-state index is 13.0. The molecular formula is C26H32INO4. The standard InChI is InChI=1S/C26H32INO4/c1-7-31-25(30)24(32-26(4,5)6)22-16(2)20-15-28(14-18-11-9-8-10-12-18)21(29)13-19(20)17(3)23(22)27/h8-12,24H,7,13-15H2,1-6H3/t24-/m0/s1. The molecule has 5 nitrogen and oxygen atoms in total. The fraction of sp³-hybridized carbons (Fsp3) is 0.462. The zero-order chi connectivity index (χ0) is 23.6. The Bertz CT molecular complexity index is 1010. The van der Waals surface area contributed by atoms with Crippen molar-refractivity contribution in [3.63, 3.8) is 0 Å². The number of halogens is 1. The number of carbonyl (C=O) groups is 2. The van der Waals surface area contributed by atoms with E-state index in [-0.39, 0.29) is 11.9 Å². The Labute approximate surface area is 204 Å². The topological polar surface area (TPSA) is 55.8 Å². The minimum absolute atomic E-state index is 0.125. The molecule has 0 aromatic heterocycles. The maximum atomic E-state index is 13.0. The summed E-state index contributed by atoms with van der Waals surface area (Å²) >= 11 is 2.28. The van der Waals surface area contributed by atoms with Crippen LogP contribution in [-0.2, 0) is 38.6 Å². The second-order valence-electron chi connectivity index (χ2n) is 9.21. The van der Waals surface area contributed by atoms with Gasteiger partial charge in [-0.1, -0.05) is 30.3 Å². The highest BCUT2D eigenvalue weighted by Gasteiger charge is 2.35. The zero-order valence-electron chi connectivity index (χ0n) is 19.8. The van der Waals surface area contributed by atoms with Crippen LogP contribution >= 0.6 is 22.6 Å². The molecule has 1 aliphatic heterocycles. The number of carbonyl (C=O) groups excluding carboxylic acids is 2. The van der Waals surface area contributed by atoms with Gasteiger partial charge in [0.1, 0.15) is 0 Å². The minimum Gasteiger partial charge on any atom is -0.464 e. The van der Waals surface area contributed by atoms with E-state index >= 15 is 0 Å². The predicted octanol–water partition coefficient (Wildman–Crippen LogP) is 5.41. The molecule has 0 N–H and O–H groups in total. The summed E-state index contributed by atoms with van der Waals surface area (Å²) in [7, 11) is 0. The second-order valence-corrected chi connectivity index (χ2v) is 10.3. The van der Waals surface area contributed by atoms with Gasteiger partial charge in [0.15, 0.2) is 6.10 Å². The molecular weight excluding hydrogens is 517 g/mol. The van der Waals surface area contributed by atoms with Crippen LogP contribution in [0.25, 0.3) is 0 Å². The van der Waals surface area contributed by atoms with Crippen molar-refractivity contribution in [1.82, 2.24) is 4.90 Å². The van der Waals surface area contributed by atoms with Crippen molar-refractivity contribution < 1.29 is 19.1 Å². The van der Waals surface area contributed by atoms with Crippen LogP contribution in [-0.4, -0.2) is 29.0 Å². The van der Waals surface area contributed by atoms with Gasteiger partial charge in [-0.05, 0) is 92.0 Å². The summed E-state index contributed by atoms with van der Waals surface area (Å²) < 4.78 is 12.6. The Kier molecular flexibility index (Phi) is 7.65. The van der Waals surface area contributed by atoms with Gasteiger partial charge in [-0.3, -0.25) is 4.79 Å². The summed E-state index contributed by atoms with van der Waals surface area (Å²) in [5, 5.41) is 0. The molecule has 0 saturated carbocycles. The van der Waals surface area contributed by atoms with Crippen LogP contribution in [0.5, 0.6) is 0 Å². The van der Waals surface area contributed by atoms with Gasteiger partial charge in [0, 0.05) is 22.2 Å². The van der Waals surface area contributed by atoms with Crippen LogP contribution in [0.3, 0.4) is 0 Å². The van der Waals surface area contributed by atoms with Crippen LogP contribution in [0.2, 0.25) is 0 Å². The molecule has 2 aromatic carbocycles. The molecule has 32 heavy (non-hydrogen) atoms. The number of amides is 1. The number of nitrogens with zero attached hydrogens (tertiary/aromatic N) is 1. The van der Waals surface area contributed by atoms with Crippen molar-refractivity contribution >= 4 is 34.5 Å². The summed E-state index contributed by atoms with van der Waals surface area (Å²) in [6.07, 6.45) is -0.443. The molecule has 1 atom stereocenters. The number of fused-ring (bicyclic) bond motifs is 1. The Morgan fingerprint density at radius 3 is 2.38 bits per heavy atom. The molecule has 0 fully saturated rings. The minimum atomic E-state index is -0.814. The highest BCUT2D eigenvalue weighted by atomic mass is 127. The Morgan fingerprint density at radius 1 is 1.12 bits per heavy atom. The van der Waals surface area contributed by atoms with Gasteiger partial charge in [-0.25, -0.2) is 4.79 Å². The SMILES string of the molecule is CCOC(=O)[C@@H](OC(C)(C)C)c1c(C)c2c(c(C)c1I)CC(=O)N(Cc1ccccc1)C2. The van der Waals surface area contributed by atoms with Crippen LogP contribution in [0.1, 0.15) is 67.2 Å². The first-order valence-corrected chi connectivity index (χ1v) is 12.1. The van der Waals surface area contributed by atoms with Gasteiger partial charge < -0.3 is 14.4 Å². The smallest absolute Gasteiger partial charge is 0.340 e. The fourth-order valence-corrected chi connectivity index (χ4v) is 5.18. The van der Waals surface area contributed by atoms with Crippen molar-refractivity contribution in [1.29, 1.82) is 0 Å². The molecule has 1 aliphatic rings. The first-order valence-electron chi connectivity index (χ1n) is 11.0. The first-order chi connectivity index (χ1) is 15.0. The Balaban J connectivity index is 2.07. The summed E-state index contributed by atoms with van der Waals surface area (Å²) in [5.41, 5.74) is 5.66.